The van der Waals surface area contributed by atoms with Crippen molar-refractivity contribution in [1.29, 1.82) is 0 Å². The Labute approximate surface area is 97.8 Å². The van der Waals surface area contributed by atoms with E-state index < -0.39 is 0 Å². The van der Waals surface area contributed by atoms with Crippen molar-refractivity contribution in [2.45, 2.75) is 73.6 Å². The summed E-state index contributed by atoms with van der Waals surface area (Å²) < 4.78 is 0. The van der Waals surface area contributed by atoms with Gasteiger partial charge >= 0.3 is 0 Å². The van der Waals surface area contributed by atoms with Crippen LogP contribution in [-0.4, -0.2) is 0 Å². The van der Waals surface area contributed by atoms with Crippen molar-refractivity contribution < 1.29 is 0 Å². The minimum Gasteiger partial charge on any atom is -0.0654 e. The molecule has 0 aliphatic rings. The van der Waals surface area contributed by atoms with Crippen LogP contribution in [0.4, 0.5) is 0 Å². The summed E-state index contributed by atoms with van der Waals surface area (Å²) in [6, 6.07) is 0. The molecule has 0 aliphatic carbocycles. The molecular formula is C15H32. The van der Waals surface area contributed by atoms with E-state index in [-0.39, 0.29) is 0 Å². The Hall–Kier alpha value is 0. The summed E-state index contributed by atoms with van der Waals surface area (Å²) in [4.78, 5) is 0. The van der Waals surface area contributed by atoms with Crippen molar-refractivity contribution in [3.05, 3.63) is 0 Å². The molecule has 0 saturated heterocycles. The zero-order valence-electron chi connectivity index (χ0n) is 11.8. The topological polar surface area (TPSA) is 0 Å². The lowest BCUT2D eigenvalue weighted by Crippen LogP contribution is -2.25. The summed E-state index contributed by atoms with van der Waals surface area (Å²) in [5.74, 6) is 3.65. The zero-order chi connectivity index (χ0) is 11.8. The quantitative estimate of drug-likeness (QED) is 0.497. The maximum absolute atomic E-state index is 2.46. The van der Waals surface area contributed by atoms with Crippen molar-refractivity contribution in [2.24, 2.45) is 23.7 Å². The fraction of sp³-hybridized carbons (Fsp3) is 1.00. The van der Waals surface area contributed by atoms with Crippen LogP contribution in [0.2, 0.25) is 0 Å². The summed E-state index contributed by atoms with van der Waals surface area (Å²) in [5, 5.41) is 0. The molecular weight excluding hydrogens is 180 g/mol. The third kappa shape index (κ3) is 5.04. The fourth-order valence-electron chi connectivity index (χ4n) is 2.85. The molecule has 92 valence electrons. The van der Waals surface area contributed by atoms with E-state index in [0.29, 0.717) is 0 Å². The lowest BCUT2D eigenvalue weighted by Gasteiger charge is -2.33. The third-order valence-electron chi connectivity index (χ3n) is 4.14. The summed E-state index contributed by atoms with van der Waals surface area (Å²) in [6.07, 6.45) is 6.93. The Morgan fingerprint density at radius 1 is 0.800 bits per heavy atom. The highest BCUT2D eigenvalue weighted by atomic mass is 14.3. The van der Waals surface area contributed by atoms with Gasteiger partial charge in [-0.25, -0.2) is 0 Å². The average Bonchev–Trinajstić information content (AvgIpc) is 2.22. The Balaban J connectivity index is 4.45. The second-order valence-electron chi connectivity index (χ2n) is 5.51. The smallest absolute Gasteiger partial charge is 0.0358 e. The predicted octanol–water partition coefficient (Wildman–Crippen LogP) is 5.52. The van der Waals surface area contributed by atoms with Crippen molar-refractivity contribution in [1.82, 2.24) is 0 Å². The summed E-state index contributed by atoms with van der Waals surface area (Å²) in [6.45, 7) is 14.3. The Bertz CT molecular complexity index is 137. The molecule has 0 N–H and O–H groups in total. The van der Waals surface area contributed by atoms with Gasteiger partial charge in [0.25, 0.3) is 0 Å². The highest BCUT2D eigenvalue weighted by Crippen LogP contribution is 2.35. The lowest BCUT2D eigenvalue weighted by atomic mass is 9.72. The van der Waals surface area contributed by atoms with Crippen LogP contribution >= 0.6 is 0 Å². The van der Waals surface area contributed by atoms with Crippen molar-refractivity contribution in [3.63, 3.8) is 0 Å². The van der Waals surface area contributed by atoms with Crippen molar-refractivity contribution in [3.8, 4) is 0 Å². The molecule has 0 fully saturated rings. The van der Waals surface area contributed by atoms with Crippen molar-refractivity contribution in [2.75, 3.05) is 0 Å². The Morgan fingerprint density at radius 3 is 1.67 bits per heavy atom. The monoisotopic (exact) mass is 212 g/mol. The van der Waals surface area contributed by atoms with Crippen molar-refractivity contribution >= 4 is 0 Å². The molecule has 3 unspecified atom stereocenters. The molecule has 0 heteroatoms. The Morgan fingerprint density at radius 2 is 1.33 bits per heavy atom. The predicted molar refractivity (Wildman–Crippen MR) is 71.1 cm³/mol. The van der Waals surface area contributed by atoms with Crippen LogP contribution in [0.3, 0.4) is 0 Å². The molecule has 3 atom stereocenters. The van der Waals surface area contributed by atoms with Crippen LogP contribution < -0.4 is 0 Å². The first kappa shape index (κ1) is 15.0. The van der Waals surface area contributed by atoms with Gasteiger partial charge in [-0.1, -0.05) is 73.6 Å². The van der Waals surface area contributed by atoms with Crippen LogP contribution in [0, 0.1) is 23.7 Å². The molecule has 0 aromatic rings. The molecule has 0 spiro atoms. The molecule has 0 saturated carbocycles. The zero-order valence-corrected chi connectivity index (χ0v) is 11.8. The van der Waals surface area contributed by atoms with Gasteiger partial charge in [0, 0.05) is 0 Å². The highest BCUT2D eigenvalue weighted by molar-refractivity contribution is 4.75. The van der Waals surface area contributed by atoms with Crippen LogP contribution in [0.25, 0.3) is 0 Å². The first-order chi connectivity index (χ1) is 7.08. The number of hydrogen-bond donors (Lipinski definition) is 0. The molecule has 0 aliphatic heterocycles. The first-order valence-corrected chi connectivity index (χ1v) is 7.08. The van der Waals surface area contributed by atoms with E-state index in [4.69, 9.17) is 0 Å². The second kappa shape index (κ2) is 8.19. The van der Waals surface area contributed by atoms with E-state index in [9.17, 15) is 0 Å². The fourth-order valence-corrected chi connectivity index (χ4v) is 2.85. The summed E-state index contributed by atoms with van der Waals surface area (Å²) >= 11 is 0. The average molecular weight is 212 g/mol. The van der Waals surface area contributed by atoms with E-state index in [1.807, 2.05) is 0 Å². The molecule has 0 bridgehead atoms. The molecule has 0 aromatic heterocycles. The normalized spacial score (nSPS) is 17.8. The summed E-state index contributed by atoms with van der Waals surface area (Å²) in [7, 11) is 0. The van der Waals surface area contributed by atoms with Gasteiger partial charge < -0.3 is 0 Å². The molecule has 0 aromatic carbocycles. The van der Waals surface area contributed by atoms with Gasteiger partial charge in [-0.3, -0.25) is 0 Å². The van der Waals surface area contributed by atoms with Gasteiger partial charge in [0.15, 0.2) is 0 Å². The number of hydrogen-bond acceptors (Lipinski definition) is 0. The van der Waals surface area contributed by atoms with E-state index >= 15 is 0 Å². The Kier molecular flexibility index (Phi) is 8.19. The summed E-state index contributed by atoms with van der Waals surface area (Å²) in [5.41, 5.74) is 0. The molecule has 0 radical (unpaired) electrons. The SMILES string of the molecule is CCCC(CC)C(CCC)C(C)C(C)C. The lowest BCUT2D eigenvalue weighted by molar-refractivity contribution is 0.165. The van der Waals surface area contributed by atoms with Gasteiger partial charge in [0.1, 0.15) is 0 Å². The van der Waals surface area contributed by atoms with Gasteiger partial charge in [0.05, 0.1) is 0 Å². The van der Waals surface area contributed by atoms with E-state index in [0.717, 1.165) is 23.7 Å². The highest BCUT2D eigenvalue weighted by Gasteiger charge is 2.25. The third-order valence-corrected chi connectivity index (χ3v) is 4.14. The van der Waals surface area contributed by atoms with Crippen LogP contribution in [0.5, 0.6) is 0 Å². The van der Waals surface area contributed by atoms with Gasteiger partial charge in [-0.2, -0.15) is 0 Å². The standard InChI is InChI=1S/C15H32/c1-7-10-14(9-3)15(11-8-2)13(6)12(4)5/h12-15H,7-11H2,1-6H3. The van der Waals surface area contributed by atoms with Gasteiger partial charge in [0.2, 0.25) is 0 Å². The minimum atomic E-state index is 0.840. The largest absolute Gasteiger partial charge is 0.0654 e. The van der Waals surface area contributed by atoms with E-state index in [1.54, 1.807) is 0 Å². The molecule has 0 nitrogen and oxygen atoms in total. The van der Waals surface area contributed by atoms with Gasteiger partial charge in [-0.05, 0) is 23.7 Å². The number of rotatable bonds is 8. The van der Waals surface area contributed by atoms with Crippen LogP contribution in [0.1, 0.15) is 73.6 Å². The van der Waals surface area contributed by atoms with Gasteiger partial charge in [-0.15, -0.1) is 0 Å². The molecule has 0 rings (SSSR count). The maximum atomic E-state index is 2.46. The molecule has 0 amide bonds. The van der Waals surface area contributed by atoms with Crippen LogP contribution in [0.15, 0.2) is 0 Å². The second-order valence-corrected chi connectivity index (χ2v) is 5.51. The van der Waals surface area contributed by atoms with Crippen LogP contribution in [-0.2, 0) is 0 Å². The maximum Gasteiger partial charge on any atom is -0.0358 e. The molecule has 15 heavy (non-hydrogen) atoms. The molecule has 0 heterocycles. The minimum absolute atomic E-state index is 0.840. The van der Waals surface area contributed by atoms with E-state index in [2.05, 4.69) is 41.5 Å². The van der Waals surface area contributed by atoms with E-state index in [1.165, 1.54) is 32.1 Å². The first-order valence-electron chi connectivity index (χ1n) is 7.08.